The van der Waals surface area contributed by atoms with Crippen LogP contribution in [0.5, 0.6) is 11.5 Å². The van der Waals surface area contributed by atoms with Crippen molar-refractivity contribution < 1.29 is 31.5 Å². The van der Waals surface area contributed by atoms with Crippen LogP contribution < -0.4 is 14.2 Å². The summed E-state index contributed by atoms with van der Waals surface area (Å²) >= 11 is 0. The number of fused-ring (bicyclic) bond motifs is 1. The molecule has 1 saturated heterocycles. The van der Waals surface area contributed by atoms with Crippen LogP contribution in [0, 0.1) is 11.6 Å². The average molecular weight is 552 g/mol. The van der Waals surface area contributed by atoms with Gasteiger partial charge in [0.2, 0.25) is 6.79 Å². The highest BCUT2D eigenvalue weighted by atomic mass is 35.5. The number of ether oxygens (including phenoxy) is 2. The smallest absolute Gasteiger partial charge is 0.261 e. The third-order valence-corrected chi connectivity index (χ3v) is 7.47. The summed E-state index contributed by atoms with van der Waals surface area (Å²) in [5.74, 6) is -1.04. The van der Waals surface area contributed by atoms with Crippen LogP contribution in [0.1, 0.15) is 15.9 Å². The Morgan fingerprint density at radius 3 is 2.27 bits per heavy atom. The van der Waals surface area contributed by atoms with Gasteiger partial charge in [0.1, 0.15) is 0 Å². The molecule has 8 nitrogen and oxygen atoms in total. The molecule has 5 rings (SSSR count). The molecule has 0 unspecified atom stereocenters. The van der Waals surface area contributed by atoms with Gasteiger partial charge in [0.15, 0.2) is 23.1 Å². The van der Waals surface area contributed by atoms with Gasteiger partial charge < -0.3 is 14.4 Å². The second kappa shape index (κ2) is 10.9. The SMILES string of the molecule is Cl.O=C(c1ccc(NS(=O)(=O)c2ccc(F)c(F)c2)cc1)N1CCN(Cc2ccc3c(c2)OCO3)CC1. The molecule has 1 N–H and O–H groups in total. The van der Waals surface area contributed by atoms with Crippen molar-refractivity contribution >= 4 is 34.0 Å². The molecule has 3 aromatic rings. The number of amides is 1. The van der Waals surface area contributed by atoms with Crippen molar-refractivity contribution in [2.45, 2.75) is 11.4 Å². The number of benzene rings is 3. The van der Waals surface area contributed by atoms with Crippen molar-refractivity contribution in [3.05, 3.63) is 83.4 Å². The summed E-state index contributed by atoms with van der Waals surface area (Å²) in [6, 6.07) is 14.2. The molecule has 0 atom stereocenters. The minimum atomic E-state index is -4.11. The predicted octanol–water partition coefficient (Wildman–Crippen LogP) is 3.87. The van der Waals surface area contributed by atoms with Gasteiger partial charge in [-0.15, -0.1) is 12.4 Å². The molecule has 0 aliphatic carbocycles. The summed E-state index contributed by atoms with van der Waals surface area (Å²) < 4.78 is 64.5. The summed E-state index contributed by atoms with van der Waals surface area (Å²) in [6.45, 7) is 3.53. The number of halogens is 3. The number of piperazine rings is 1. The van der Waals surface area contributed by atoms with Gasteiger partial charge in [0.05, 0.1) is 4.90 Å². The lowest BCUT2D eigenvalue weighted by atomic mass is 10.1. The quantitative estimate of drug-likeness (QED) is 0.500. The molecule has 0 aromatic heterocycles. The number of carbonyl (C=O) groups excluding carboxylic acids is 1. The summed E-state index contributed by atoms with van der Waals surface area (Å²) in [7, 11) is -4.11. The second-order valence-electron chi connectivity index (χ2n) is 8.51. The number of hydrogen-bond donors (Lipinski definition) is 1. The van der Waals surface area contributed by atoms with Gasteiger partial charge in [-0.3, -0.25) is 14.4 Å². The number of anilines is 1. The lowest BCUT2D eigenvalue weighted by Gasteiger charge is -2.34. The van der Waals surface area contributed by atoms with Crippen molar-refractivity contribution in [1.29, 1.82) is 0 Å². The first-order chi connectivity index (χ1) is 17.3. The van der Waals surface area contributed by atoms with E-state index in [1.165, 1.54) is 24.3 Å². The molecule has 196 valence electrons. The standard InChI is InChI=1S/C25H23F2N3O5S.ClH/c26-21-7-6-20(14-22(21)27)36(32,33)28-19-4-2-18(3-5-19)25(31)30-11-9-29(10-12-30)15-17-1-8-23-24(13-17)35-16-34-23;/h1-8,13-14,28H,9-12,15-16H2;1H. The van der Waals surface area contributed by atoms with E-state index in [2.05, 4.69) is 9.62 Å². The first kappa shape index (κ1) is 26.6. The monoisotopic (exact) mass is 551 g/mol. The maximum atomic E-state index is 13.4. The van der Waals surface area contributed by atoms with Crippen LogP contribution in [-0.4, -0.2) is 57.1 Å². The minimum absolute atomic E-state index is 0. The molecule has 0 radical (unpaired) electrons. The van der Waals surface area contributed by atoms with Crippen molar-refractivity contribution in [2.24, 2.45) is 0 Å². The summed E-state index contributed by atoms with van der Waals surface area (Å²) in [4.78, 5) is 16.6. The number of rotatable bonds is 6. The Labute approximate surface area is 219 Å². The normalized spacial score (nSPS) is 15.2. The number of hydrogen-bond acceptors (Lipinski definition) is 6. The molecule has 2 aliphatic rings. The van der Waals surface area contributed by atoms with E-state index in [1.807, 2.05) is 18.2 Å². The highest BCUT2D eigenvalue weighted by Crippen LogP contribution is 2.33. The highest BCUT2D eigenvalue weighted by Gasteiger charge is 2.23. The third-order valence-electron chi connectivity index (χ3n) is 6.09. The van der Waals surface area contributed by atoms with Crippen LogP contribution in [0.25, 0.3) is 0 Å². The lowest BCUT2D eigenvalue weighted by Crippen LogP contribution is -2.48. The Kier molecular flexibility index (Phi) is 7.86. The molecular formula is C25H24ClF2N3O5S. The molecule has 0 spiro atoms. The Hall–Kier alpha value is -3.41. The van der Waals surface area contributed by atoms with Gasteiger partial charge in [-0.25, -0.2) is 17.2 Å². The Balaban J connectivity index is 0.00000320. The molecule has 1 amide bonds. The first-order valence-electron chi connectivity index (χ1n) is 11.3. The molecule has 3 aromatic carbocycles. The molecule has 12 heteroatoms. The minimum Gasteiger partial charge on any atom is -0.454 e. The van der Waals surface area contributed by atoms with Gasteiger partial charge in [-0.05, 0) is 60.2 Å². The van der Waals surface area contributed by atoms with E-state index in [0.29, 0.717) is 37.8 Å². The highest BCUT2D eigenvalue weighted by molar-refractivity contribution is 7.92. The van der Waals surface area contributed by atoms with Crippen LogP contribution in [0.2, 0.25) is 0 Å². The molecular weight excluding hydrogens is 528 g/mol. The van der Waals surface area contributed by atoms with E-state index >= 15 is 0 Å². The Bertz CT molecular complexity index is 1400. The summed E-state index contributed by atoms with van der Waals surface area (Å²) in [5, 5.41) is 0. The number of nitrogens with zero attached hydrogens (tertiary/aromatic N) is 2. The number of carbonyl (C=O) groups is 1. The van der Waals surface area contributed by atoms with Crippen molar-refractivity contribution in [2.75, 3.05) is 37.7 Å². The molecule has 1 fully saturated rings. The fourth-order valence-electron chi connectivity index (χ4n) is 4.13. The van der Waals surface area contributed by atoms with Gasteiger partial charge in [-0.1, -0.05) is 6.07 Å². The second-order valence-corrected chi connectivity index (χ2v) is 10.2. The fourth-order valence-corrected chi connectivity index (χ4v) is 5.20. The Morgan fingerprint density at radius 1 is 0.865 bits per heavy atom. The molecule has 37 heavy (non-hydrogen) atoms. The maximum Gasteiger partial charge on any atom is 0.261 e. The van der Waals surface area contributed by atoms with Crippen LogP contribution in [-0.2, 0) is 16.6 Å². The average Bonchev–Trinajstić information content (AvgIpc) is 3.34. The fraction of sp³-hybridized carbons (Fsp3) is 0.240. The van der Waals surface area contributed by atoms with Crippen molar-refractivity contribution in [1.82, 2.24) is 9.80 Å². The third kappa shape index (κ3) is 5.95. The molecule has 2 aliphatic heterocycles. The van der Waals surface area contributed by atoms with Crippen LogP contribution in [0.3, 0.4) is 0 Å². The maximum absolute atomic E-state index is 13.4. The summed E-state index contributed by atoms with van der Waals surface area (Å²) in [5.41, 5.74) is 1.74. The molecule has 0 bridgehead atoms. The van der Waals surface area contributed by atoms with E-state index in [-0.39, 0.29) is 30.8 Å². The van der Waals surface area contributed by atoms with Crippen LogP contribution >= 0.6 is 12.4 Å². The largest absolute Gasteiger partial charge is 0.454 e. The molecule has 2 heterocycles. The topological polar surface area (TPSA) is 88.2 Å². The molecule has 0 saturated carbocycles. The number of nitrogens with one attached hydrogen (secondary N) is 1. The zero-order valence-corrected chi connectivity index (χ0v) is 21.2. The summed E-state index contributed by atoms with van der Waals surface area (Å²) in [6.07, 6.45) is 0. The van der Waals surface area contributed by atoms with Gasteiger partial charge in [0.25, 0.3) is 15.9 Å². The van der Waals surface area contributed by atoms with E-state index in [4.69, 9.17) is 9.47 Å². The van der Waals surface area contributed by atoms with E-state index in [9.17, 15) is 22.0 Å². The van der Waals surface area contributed by atoms with Gasteiger partial charge in [0, 0.05) is 44.0 Å². The number of sulfonamides is 1. The van der Waals surface area contributed by atoms with E-state index in [1.54, 1.807) is 4.90 Å². The zero-order chi connectivity index (χ0) is 25.3. The van der Waals surface area contributed by atoms with Gasteiger partial charge in [-0.2, -0.15) is 0 Å². The van der Waals surface area contributed by atoms with Crippen molar-refractivity contribution in [3.63, 3.8) is 0 Å². The van der Waals surface area contributed by atoms with Crippen LogP contribution in [0.15, 0.2) is 65.6 Å². The Morgan fingerprint density at radius 2 is 1.57 bits per heavy atom. The van der Waals surface area contributed by atoms with Gasteiger partial charge >= 0.3 is 0 Å². The van der Waals surface area contributed by atoms with E-state index in [0.717, 1.165) is 35.7 Å². The van der Waals surface area contributed by atoms with E-state index < -0.39 is 26.6 Å². The first-order valence-corrected chi connectivity index (χ1v) is 12.7. The van der Waals surface area contributed by atoms with Crippen LogP contribution in [0.4, 0.5) is 14.5 Å². The predicted molar refractivity (Wildman–Crippen MR) is 135 cm³/mol. The van der Waals surface area contributed by atoms with Crippen molar-refractivity contribution in [3.8, 4) is 11.5 Å². The zero-order valence-electron chi connectivity index (χ0n) is 19.5. The lowest BCUT2D eigenvalue weighted by molar-refractivity contribution is 0.0628.